The van der Waals surface area contributed by atoms with Gasteiger partial charge in [-0.25, -0.2) is 0 Å². The summed E-state index contributed by atoms with van der Waals surface area (Å²) in [4.78, 5) is 23.4. The molecule has 3 nitrogen and oxygen atoms in total. The standard InChI is InChI=1S/C31H52O3/c1-20(2)8-7-9-21(3)26-12-13-27-25-11-10-23-19-24(34-29(33)18-22(4)32)14-16-30(23,5)28(25)15-17-31(26,27)6/h20-21,23-28H,7-19H2,1-6H3/t21-,23-,24-,25+,26+,27-,28+,30+,31-/m1/s1. The molecule has 0 aromatic carbocycles. The Balaban J connectivity index is 1.39. The fourth-order valence-electron chi connectivity index (χ4n) is 9.78. The summed E-state index contributed by atoms with van der Waals surface area (Å²) < 4.78 is 5.75. The number of carbonyl (C=O) groups excluding carboxylic acids is 2. The van der Waals surface area contributed by atoms with Crippen LogP contribution in [-0.4, -0.2) is 17.9 Å². The van der Waals surface area contributed by atoms with Crippen LogP contribution in [0.15, 0.2) is 0 Å². The van der Waals surface area contributed by atoms with Gasteiger partial charge < -0.3 is 4.74 Å². The Labute approximate surface area is 209 Å². The van der Waals surface area contributed by atoms with E-state index >= 15 is 0 Å². The molecule has 194 valence electrons. The molecule has 3 heteroatoms. The third kappa shape index (κ3) is 5.01. The minimum atomic E-state index is -0.317. The van der Waals surface area contributed by atoms with Crippen molar-refractivity contribution in [1.82, 2.24) is 0 Å². The SMILES string of the molecule is CC(=O)CC(=O)O[C@@H]1CC[C@@]2(C)[C@H](CC[C@H]3[C@H]4CC[C@@H]([C@H](C)CCCC(C)C)[C@@]4(C)CC[C@@H]32)C1. The molecule has 0 aromatic heterocycles. The molecule has 0 heterocycles. The van der Waals surface area contributed by atoms with E-state index in [0.717, 1.165) is 48.3 Å². The summed E-state index contributed by atoms with van der Waals surface area (Å²) in [5.74, 6) is 5.58. The fourth-order valence-corrected chi connectivity index (χ4v) is 9.78. The summed E-state index contributed by atoms with van der Waals surface area (Å²) in [7, 11) is 0. The molecule has 0 aromatic rings. The summed E-state index contributed by atoms with van der Waals surface area (Å²) >= 11 is 0. The normalized spacial score (nSPS) is 42.4. The van der Waals surface area contributed by atoms with Crippen molar-refractivity contribution in [3.8, 4) is 0 Å². The maximum Gasteiger partial charge on any atom is 0.313 e. The van der Waals surface area contributed by atoms with Crippen molar-refractivity contribution in [2.45, 2.75) is 131 Å². The van der Waals surface area contributed by atoms with Gasteiger partial charge in [-0.05, 0) is 117 Å². The first-order chi connectivity index (χ1) is 16.0. The fraction of sp³-hybridized carbons (Fsp3) is 0.935. The first kappa shape index (κ1) is 26.2. The van der Waals surface area contributed by atoms with Crippen molar-refractivity contribution in [2.24, 2.45) is 52.3 Å². The smallest absolute Gasteiger partial charge is 0.313 e. The Morgan fingerprint density at radius 3 is 2.29 bits per heavy atom. The van der Waals surface area contributed by atoms with Crippen molar-refractivity contribution in [3.05, 3.63) is 0 Å². The van der Waals surface area contributed by atoms with Gasteiger partial charge >= 0.3 is 5.97 Å². The number of fused-ring (bicyclic) bond motifs is 5. The lowest BCUT2D eigenvalue weighted by Crippen LogP contribution is -2.54. The number of hydrogen-bond acceptors (Lipinski definition) is 3. The molecule has 0 aliphatic heterocycles. The maximum atomic E-state index is 12.1. The number of hydrogen-bond donors (Lipinski definition) is 0. The molecule has 0 unspecified atom stereocenters. The predicted molar refractivity (Wildman–Crippen MR) is 138 cm³/mol. The second-order valence-electron chi connectivity index (χ2n) is 14.0. The van der Waals surface area contributed by atoms with Gasteiger partial charge in [0.2, 0.25) is 0 Å². The van der Waals surface area contributed by atoms with E-state index in [1.54, 1.807) is 0 Å². The highest BCUT2D eigenvalue weighted by molar-refractivity contribution is 5.94. The third-order valence-electron chi connectivity index (χ3n) is 11.5. The van der Waals surface area contributed by atoms with Crippen LogP contribution in [0, 0.1) is 52.3 Å². The van der Waals surface area contributed by atoms with Crippen LogP contribution in [0.2, 0.25) is 0 Å². The van der Waals surface area contributed by atoms with E-state index < -0.39 is 0 Å². The van der Waals surface area contributed by atoms with Crippen LogP contribution in [-0.2, 0) is 14.3 Å². The number of rotatable bonds is 8. The monoisotopic (exact) mass is 472 g/mol. The molecule has 4 fully saturated rings. The van der Waals surface area contributed by atoms with Crippen molar-refractivity contribution in [1.29, 1.82) is 0 Å². The van der Waals surface area contributed by atoms with Crippen LogP contribution < -0.4 is 0 Å². The second kappa shape index (κ2) is 10.3. The van der Waals surface area contributed by atoms with Gasteiger partial charge in [0.25, 0.3) is 0 Å². The lowest BCUT2D eigenvalue weighted by molar-refractivity contribution is -0.163. The van der Waals surface area contributed by atoms with Crippen LogP contribution >= 0.6 is 0 Å². The molecule has 34 heavy (non-hydrogen) atoms. The molecule has 0 saturated heterocycles. The number of esters is 1. The molecule has 4 rings (SSSR count). The van der Waals surface area contributed by atoms with Crippen LogP contribution in [0.1, 0.15) is 125 Å². The predicted octanol–water partition coefficient (Wildman–Crippen LogP) is 8.00. The Morgan fingerprint density at radius 2 is 1.59 bits per heavy atom. The minimum Gasteiger partial charge on any atom is -0.462 e. The molecule has 0 radical (unpaired) electrons. The summed E-state index contributed by atoms with van der Waals surface area (Å²) in [5.41, 5.74) is 0.968. The highest BCUT2D eigenvalue weighted by Crippen LogP contribution is 2.68. The average molecular weight is 473 g/mol. The number of carbonyl (C=O) groups is 2. The van der Waals surface area contributed by atoms with Gasteiger partial charge in [0.1, 0.15) is 18.3 Å². The molecule has 4 aliphatic carbocycles. The van der Waals surface area contributed by atoms with Gasteiger partial charge in [-0.2, -0.15) is 0 Å². The molecule has 0 N–H and O–H groups in total. The first-order valence-corrected chi connectivity index (χ1v) is 14.7. The molecule has 4 saturated carbocycles. The van der Waals surface area contributed by atoms with Crippen LogP contribution in [0.3, 0.4) is 0 Å². The topological polar surface area (TPSA) is 43.4 Å². The van der Waals surface area contributed by atoms with Crippen LogP contribution in [0.5, 0.6) is 0 Å². The molecule has 0 amide bonds. The number of ketones is 1. The van der Waals surface area contributed by atoms with Gasteiger partial charge in [-0.3, -0.25) is 9.59 Å². The molecule has 9 atom stereocenters. The Hall–Kier alpha value is -0.860. The van der Waals surface area contributed by atoms with Crippen LogP contribution in [0.25, 0.3) is 0 Å². The van der Waals surface area contributed by atoms with E-state index in [-0.39, 0.29) is 24.3 Å². The lowest BCUT2D eigenvalue weighted by Gasteiger charge is -2.61. The average Bonchev–Trinajstić information content (AvgIpc) is 3.10. The van der Waals surface area contributed by atoms with Crippen LogP contribution in [0.4, 0.5) is 0 Å². The summed E-state index contributed by atoms with van der Waals surface area (Å²) in [6, 6.07) is 0. The summed E-state index contributed by atoms with van der Waals surface area (Å²) in [6.07, 6.45) is 15.8. The van der Waals surface area contributed by atoms with Crippen molar-refractivity contribution < 1.29 is 14.3 Å². The maximum absolute atomic E-state index is 12.1. The first-order valence-electron chi connectivity index (χ1n) is 14.7. The van der Waals surface area contributed by atoms with Gasteiger partial charge in [0.15, 0.2) is 0 Å². The Morgan fingerprint density at radius 1 is 0.882 bits per heavy atom. The summed E-state index contributed by atoms with van der Waals surface area (Å²) in [5, 5.41) is 0. The van der Waals surface area contributed by atoms with Gasteiger partial charge in [0.05, 0.1) is 0 Å². The Bertz CT molecular complexity index is 743. The van der Waals surface area contributed by atoms with Gasteiger partial charge in [0, 0.05) is 0 Å². The zero-order valence-corrected chi connectivity index (χ0v) is 23.0. The van der Waals surface area contributed by atoms with Gasteiger partial charge in [-0.1, -0.05) is 53.9 Å². The van der Waals surface area contributed by atoms with E-state index in [1.165, 1.54) is 71.1 Å². The number of ether oxygens (including phenoxy) is 1. The quantitative estimate of drug-likeness (QED) is 0.265. The zero-order valence-electron chi connectivity index (χ0n) is 23.0. The number of Topliss-reactive ketones (excluding diaryl/α,β-unsaturated/α-hetero) is 1. The largest absolute Gasteiger partial charge is 0.462 e. The molecule has 0 bridgehead atoms. The molecule has 0 spiro atoms. The van der Waals surface area contributed by atoms with Crippen molar-refractivity contribution in [3.63, 3.8) is 0 Å². The molecule has 4 aliphatic rings. The Kier molecular flexibility index (Phi) is 7.90. The van der Waals surface area contributed by atoms with E-state index in [1.807, 2.05) is 0 Å². The highest BCUT2D eigenvalue weighted by Gasteiger charge is 2.60. The lowest BCUT2D eigenvalue weighted by atomic mass is 9.44. The molecular weight excluding hydrogens is 420 g/mol. The summed E-state index contributed by atoms with van der Waals surface area (Å²) in [6.45, 7) is 14.0. The van der Waals surface area contributed by atoms with E-state index in [9.17, 15) is 9.59 Å². The second-order valence-corrected chi connectivity index (χ2v) is 14.0. The van der Waals surface area contributed by atoms with Crippen molar-refractivity contribution >= 4 is 11.8 Å². The van der Waals surface area contributed by atoms with E-state index in [2.05, 4.69) is 34.6 Å². The highest BCUT2D eigenvalue weighted by atomic mass is 16.5. The minimum absolute atomic E-state index is 0.0258. The van der Waals surface area contributed by atoms with E-state index in [0.29, 0.717) is 16.7 Å². The van der Waals surface area contributed by atoms with E-state index in [4.69, 9.17) is 4.74 Å². The molecular formula is C31H52O3. The van der Waals surface area contributed by atoms with Gasteiger partial charge in [-0.15, -0.1) is 0 Å². The van der Waals surface area contributed by atoms with Crippen molar-refractivity contribution in [2.75, 3.05) is 0 Å². The zero-order chi connectivity index (χ0) is 24.7. The third-order valence-corrected chi connectivity index (χ3v) is 11.5.